The number of nitriles is 1. The minimum atomic E-state index is -0.531. The fourth-order valence-electron chi connectivity index (χ4n) is 2.71. The molecule has 0 saturated carbocycles. The molecule has 1 N–H and O–H groups in total. The zero-order valence-corrected chi connectivity index (χ0v) is 14.3. The fourth-order valence-corrected chi connectivity index (χ4v) is 2.71. The number of hydrogen-bond donors (Lipinski definition) is 1. The Morgan fingerprint density at radius 3 is 2.52 bits per heavy atom. The number of carbonyl (C=O) groups excluding carboxylic acids is 1. The van der Waals surface area contributed by atoms with Crippen molar-refractivity contribution in [3.05, 3.63) is 46.2 Å². The first kappa shape index (κ1) is 18.4. The molecule has 0 aromatic heterocycles. The summed E-state index contributed by atoms with van der Waals surface area (Å²) in [6.07, 6.45) is 3.52. The molecule has 132 valence electrons. The van der Waals surface area contributed by atoms with Gasteiger partial charge in [0.1, 0.15) is 11.6 Å². The molecule has 0 atom stereocenters. The van der Waals surface area contributed by atoms with Crippen LogP contribution in [-0.2, 0) is 4.79 Å². The number of likely N-dealkylation sites (tertiary alicyclic amines) is 1. The van der Waals surface area contributed by atoms with Crippen LogP contribution >= 0.6 is 0 Å². The maximum atomic E-state index is 12.3. The lowest BCUT2D eigenvalue weighted by molar-refractivity contribution is -0.384. The molecule has 1 aliphatic heterocycles. The van der Waals surface area contributed by atoms with E-state index in [1.165, 1.54) is 24.3 Å². The highest BCUT2D eigenvalue weighted by Crippen LogP contribution is 2.17. The van der Waals surface area contributed by atoms with Crippen molar-refractivity contribution in [2.24, 2.45) is 0 Å². The van der Waals surface area contributed by atoms with Crippen LogP contribution in [0.2, 0.25) is 0 Å². The molecular formula is C17H21N5O3. The van der Waals surface area contributed by atoms with Gasteiger partial charge in [0, 0.05) is 37.1 Å². The number of rotatable bonds is 5. The summed E-state index contributed by atoms with van der Waals surface area (Å²) in [5, 5.41) is 22.5. The molecular weight excluding hydrogens is 322 g/mol. The molecule has 25 heavy (non-hydrogen) atoms. The molecule has 0 spiro atoms. The smallest absolute Gasteiger partial charge is 0.269 e. The molecule has 1 aromatic rings. The summed E-state index contributed by atoms with van der Waals surface area (Å²) in [6.45, 7) is 1.97. The quantitative estimate of drug-likeness (QED) is 0.379. The van der Waals surface area contributed by atoms with E-state index >= 15 is 0 Å². The van der Waals surface area contributed by atoms with E-state index in [1.807, 2.05) is 18.0 Å². The molecule has 1 amide bonds. The highest BCUT2D eigenvalue weighted by molar-refractivity contribution is 6.06. The third-order valence-corrected chi connectivity index (χ3v) is 4.30. The highest BCUT2D eigenvalue weighted by atomic mass is 16.6. The van der Waals surface area contributed by atoms with E-state index in [1.54, 1.807) is 6.20 Å². The van der Waals surface area contributed by atoms with Crippen molar-refractivity contribution in [1.82, 2.24) is 9.80 Å². The molecule has 0 aliphatic carbocycles. The second-order valence-corrected chi connectivity index (χ2v) is 6.11. The van der Waals surface area contributed by atoms with Crippen LogP contribution in [0.1, 0.15) is 12.8 Å². The second kappa shape index (κ2) is 8.26. The van der Waals surface area contributed by atoms with E-state index in [9.17, 15) is 20.2 Å². The van der Waals surface area contributed by atoms with Crippen LogP contribution in [-0.4, -0.2) is 53.9 Å². The van der Waals surface area contributed by atoms with Gasteiger partial charge in [0.2, 0.25) is 0 Å². The van der Waals surface area contributed by atoms with E-state index < -0.39 is 10.8 Å². The summed E-state index contributed by atoms with van der Waals surface area (Å²) in [5.41, 5.74) is 0.342. The van der Waals surface area contributed by atoms with Crippen LogP contribution in [0.4, 0.5) is 11.4 Å². The molecule has 1 fully saturated rings. The Balaban J connectivity index is 2.02. The van der Waals surface area contributed by atoms with Gasteiger partial charge in [-0.2, -0.15) is 5.26 Å². The van der Waals surface area contributed by atoms with Crippen molar-refractivity contribution in [3.8, 4) is 6.07 Å². The van der Waals surface area contributed by atoms with E-state index in [0.717, 1.165) is 25.9 Å². The zero-order valence-electron chi connectivity index (χ0n) is 14.3. The standard InChI is InChI=1S/C17H21N5O3/c1-20-9-7-15(8-10-20)21(2)12-13(11-18)17(23)19-14-3-5-16(6-4-14)22(24)25/h3-6,12,15H,7-10H2,1-2H3,(H,19,23)/b13-12-. The number of anilines is 1. The van der Waals surface area contributed by atoms with Gasteiger partial charge in [-0.15, -0.1) is 0 Å². The molecule has 0 unspecified atom stereocenters. The number of nitro benzene ring substituents is 1. The lowest BCUT2D eigenvalue weighted by atomic mass is 10.0. The zero-order chi connectivity index (χ0) is 18.4. The maximum Gasteiger partial charge on any atom is 0.269 e. The molecule has 1 aromatic carbocycles. The normalized spacial score (nSPS) is 16.1. The van der Waals surface area contributed by atoms with Gasteiger partial charge in [-0.05, 0) is 45.1 Å². The first-order valence-corrected chi connectivity index (χ1v) is 7.99. The number of nitro groups is 1. The van der Waals surface area contributed by atoms with Crippen molar-refractivity contribution >= 4 is 17.3 Å². The third-order valence-electron chi connectivity index (χ3n) is 4.30. The monoisotopic (exact) mass is 343 g/mol. The highest BCUT2D eigenvalue weighted by Gasteiger charge is 2.20. The molecule has 1 heterocycles. The molecule has 1 aliphatic rings. The summed E-state index contributed by atoms with van der Waals surface area (Å²) >= 11 is 0. The van der Waals surface area contributed by atoms with Crippen molar-refractivity contribution in [1.29, 1.82) is 5.26 Å². The Morgan fingerprint density at radius 2 is 2.00 bits per heavy atom. The van der Waals surface area contributed by atoms with E-state index in [0.29, 0.717) is 11.7 Å². The van der Waals surface area contributed by atoms with Gasteiger partial charge in [0.25, 0.3) is 11.6 Å². The van der Waals surface area contributed by atoms with Gasteiger partial charge >= 0.3 is 0 Å². The minimum Gasteiger partial charge on any atom is -0.376 e. The van der Waals surface area contributed by atoms with Crippen LogP contribution in [0.15, 0.2) is 36.0 Å². The number of piperidine rings is 1. The molecule has 0 bridgehead atoms. The molecule has 8 nitrogen and oxygen atoms in total. The first-order valence-electron chi connectivity index (χ1n) is 7.99. The van der Waals surface area contributed by atoms with Crippen molar-refractivity contribution in [3.63, 3.8) is 0 Å². The topological polar surface area (TPSA) is 103 Å². The molecule has 2 rings (SSSR count). The van der Waals surface area contributed by atoms with Crippen molar-refractivity contribution in [2.75, 3.05) is 32.5 Å². The summed E-state index contributed by atoms with van der Waals surface area (Å²) in [7, 11) is 3.94. The average molecular weight is 343 g/mol. The van der Waals surface area contributed by atoms with Crippen LogP contribution in [0, 0.1) is 21.4 Å². The number of hydrogen-bond acceptors (Lipinski definition) is 6. The number of non-ortho nitro benzene ring substituents is 1. The van der Waals surface area contributed by atoms with Gasteiger partial charge < -0.3 is 15.1 Å². The van der Waals surface area contributed by atoms with E-state index in [-0.39, 0.29) is 11.3 Å². The Morgan fingerprint density at radius 1 is 1.40 bits per heavy atom. The van der Waals surface area contributed by atoms with Crippen LogP contribution in [0.3, 0.4) is 0 Å². The first-order chi connectivity index (χ1) is 11.9. The largest absolute Gasteiger partial charge is 0.376 e. The molecule has 1 saturated heterocycles. The Labute approximate surface area is 146 Å². The van der Waals surface area contributed by atoms with Gasteiger partial charge in [0.15, 0.2) is 0 Å². The predicted octanol–water partition coefficient (Wildman–Crippen LogP) is 1.97. The molecule has 8 heteroatoms. The summed E-state index contributed by atoms with van der Waals surface area (Å²) in [6, 6.07) is 7.69. The Hall–Kier alpha value is -2.92. The Kier molecular flexibility index (Phi) is 6.08. The number of amides is 1. The third kappa shape index (κ3) is 5.02. The second-order valence-electron chi connectivity index (χ2n) is 6.11. The number of carbonyl (C=O) groups is 1. The van der Waals surface area contributed by atoms with E-state index in [2.05, 4.69) is 17.3 Å². The predicted molar refractivity (Wildman–Crippen MR) is 93.7 cm³/mol. The fraction of sp³-hybridized carbons (Fsp3) is 0.412. The summed E-state index contributed by atoms with van der Waals surface area (Å²) < 4.78 is 0. The van der Waals surface area contributed by atoms with Gasteiger partial charge in [-0.25, -0.2) is 0 Å². The van der Waals surface area contributed by atoms with Crippen LogP contribution in [0.25, 0.3) is 0 Å². The number of benzene rings is 1. The van der Waals surface area contributed by atoms with Crippen molar-refractivity contribution < 1.29 is 9.72 Å². The van der Waals surface area contributed by atoms with Gasteiger partial charge in [-0.1, -0.05) is 0 Å². The average Bonchev–Trinajstić information content (AvgIpc) is 2.60. The summed E-state index contributed by atoms with van der Waals surface area (Å²) in [4.78, 5) is 26.6. The summed E-state index contributed by atoms with van der Waals surface area (Å²) in [5.74, 6) is -0.531. The number of nitrogens with zero attached hydrogens (tertiary/aromatic N) is 4. The van der Waals surface area contributed by atoms with Crippen LogP contribution in [0.5, 0.6) is 0 Å². The molecule has 0 radical (unpaired) electrons. The lowest BCUT2D eigenvalue weighted by Crippen LogP contribution is -2.40. The van der Waals surface area contributed by atoms with Gasteiger partial charge in [0.05, 0.1) is 4.92 Å². The van der Waals surface area contributed by atoms with Crippen molar-refractivity contribution in [2.45, 2.75) is 18.9 Å². The Bertz CT molecular complexity index is 700. The lowest BCUT2D eigenvalue weighted by Gasteiger charge is -2.34. The number of nitrogens with one attached hydrogen (secondary N) is 1. The maximum absolute atomic E-state index is 12.3. The van der Waals surface area contributed by atoms with Crippen LogP contribution < -0.4 is 5.32 Å². The minimum absolute atomic E-state index is 0.000203. The SMILES string of the molecule is CN1CCC(N(C)/C=C(/C#N)C(=O)Nc2ccc([N+](=O)[O-])cc2)CC1. The van der Waals surface area contributed by atoms with Gasteiger partial charge in [-0.3, -0.25) is 14.9 Å². The van der Waals surface area contributed by atoms with E-state index in [4.69, 9.17) is 0 Å².